The number of β-lactam (4-membered cyclic amide) rings is 1. The molecule has 0 radical (unpaired) electrons. The highest BCUT2D eigenvalue weighted by Gasteiger charge is 2.62. The standard InChI is InChI=1S/C24H30N4O2/c1-26-20(10-15-25-26)22(29)27-16-11-19(12-17-27)28-21(18-8-4-2-5-9-18)24(23(28)30)13-6-3-7-14-24/h2,4-5,8-10,15,19,21H,3,6-7,11-14,16-17H2,1H3. The first-order chi connectivity index (χ1) is 14.6. The number of piperidine rings is 1. The van der Waals surface area contributed by atoms with Crippen molar-refractivity contribution in [3.63, 3.8) is 0 Å². The van der Waals surface area contributed by atoms with Crippen LogP contribution in [0, 0.1) is 5.41 Å². The summed E-state index contributed by atoms with van der Waals surface area (Å²) in [6.07, 6.45) is 8.92. The molecule has 2 aromatic rings. The summed E-state index contributed by atoms with van der Waals surface area (Å²) in [5.41, 5.74) is 1.70. The number of aryl methyl sites for hydroxylation is 1. The van der Waals surface area contributed by atoms with E-state index in [1.807, 2.05) is 11.0 Å². The van der Waals surface area contributed by atoms with Crippen LogP contribution in [-0.2, 0) is 11.8 Å². The first-order valence-corrected chi connectivity index (χ1v) is 11.3. The molecule has 0 bridgehead atoms. The average molecular weight is 407 g/mol. The van der Waals surface area contributed by atoms with Crippen LogP contribution < -0.4 is 0 Å². The Kier molecular flexibility index (Phi) is 4.88. The van der Waals surface area contributed by atoms with Crippen LogP contribution in [0.1, 0.15) is 67.0 Å². The van der Waals surface area contributed by atoms with Gasteiger partial charge in [0, 0.05) is 32.4 Å². The molecular weight excluding hydrogens is 376 g/mol. The molecule has 2 aliphatic heterocycles. The van der Waals surface area contributed by atoms with E-state index in [1.54, 1.807) is 24.0 Å². The van der Waals surface area contributed by atoms with Crippen molar-refractivity contribution in [1.29, 1.82) is 0 Å². The van der Waals surface area contributed by atoms with Gasteiger partial charge in [-0.1, -0.05) is 49.6 Å². The maximum absolute atomic E-state index is 13.5. The lowest BCUT2D eigenvalue weighted by Gasteiger charge is -2.61. The van der Waals surface area contributed by atoms with Gasteiger partial charge in [-0.15, -0.1) is 0 Å². The lowest BCUT2D eigenvalue weighted by molar-refractivity contribution is -0.186. The predicted octanol–water partition coefficient (Wildman–Crippen LogP) is 3.56. The van der Waals surface area contributed by atoms with Gasteiger partial charge in [0.1, 0.15) is 5.69 Å². The largest absolute Gasteiger partial charge is 0.337 e. The number of aromatic nitrogens is 2. The number of rotatable bonds is 3. The lowest BCUT2D eigenvalue weighted by Crippen LogP contribution is -2.67. The number of amides is 2. The third-order valence-electron chi connectivity index (χ3n) is 7.51. The minimum Gasteiger partial charge on any atom is -0.337 e. The van der Waals surface area contributed by atoms with E-state index < -0.39 is 0 Å². The van der Waals surface area contributed by atoms with Crippen LogP contribution >= 0.6 is 0 Å². The molecule has 2 amide bonds. The zero-order valence-electron chi connectivity index (χ0n) is 17.7. The fraction of sp³-hybridized carbons (Fsp3) is 0.542. The summed E-state index contributed by atoms with van der Waals surface area (Å²) in [6, 6.07) is 12.8. The molecule has 30 heavy (non-hydrogen) atoms. The van der Waals surface area contributed by atoms with Crippen LogP contribution in [0.25, 0.3) is 0 Å². The summed E-state index contributed by atoms with van der Waals surface area (Å²) in [5, 5.41) is 4.12. The van der Waals surface area contributed by atoms with E-state index in [0.29, 0.717) is 24.7 Å². The van der Waals surface area contributed by atoms with Crippen molar-refractivity contribution < 1.29 is 9.59 Å². The first kappa shape index (κ1) is 19.3. The number of likely N-dealkylation sites (tertiary alicyclic amines) is 2. The first-order valence-electron chi connectivity index (χ1n) is 11.3. The van der Waals surface area contributed by atoms with Crippen molar-refractivity contribution in [3.8, 4) is 0 Å². The number of carbonyl (C=O) groups excluding carboxylic acids is 2. The molecule has 2 saturated heterocycles. The maximum Gasteiger partial charge on any atom is 0.272 e. The smallest absolute Gasteiger partial charge is 0.272 e. The van der Waals surface area contributed by atoms with Gasteiger partial charge in [0.2, 0.25) is 5.91 Å². The molecule has 1 saturated carbocycles. The molecule has 6 heteroatoms. The summed E-state index contributed by atoms with van der Waals surface area (Å²) in [4.78, 5) is 30.4. The van der Waals surface area contributed by atoms with Gasteiger partial charge in [0.05, 0.1) is 11.5 Å². The Bertz CT molecular complexity index is 924. The van der Waals surface area contributed by atoms with Gasteiger partial charge < -0.3 is 9.80 Å². The lowest BCUT2D eigenvalue weighted by atomic mass is 9.59. The summed E-state index contributed by atoms with van der Waals surface area (Å²) in [6.45, 7) is 1.37. The monoisotopic (exact) mass is 406 g/mol. The van der Waals surface area contributed by atoms with Gasteiger partial charge in [-0.25, -0.2) is 0 Å². The average Bonchev–Trinajstić information content (AvgIpc) is 3.23. The van der Waals surface area contributed by atoms with Crippen LogP contribution in [0.2, 0.25) is 0 Å². The Morgan fingerprint density at radius 1 is 1.03 bits per heavy atom. The number of hydrogen-bond donors (Lipinski definition) is 0. The van der Waals surface area contributed by atoms with Gasteiger partial charge in [0.15, 0.2) is 0 Å². The fourth-order valence-corrected chi connectivity index (χ4v) is 5.95. The molecule has 3 heterocycles. The van der Waals surface area contributed by atoms with Crippen LogP contribution in [0.4, 0.5) is 0 Å². The van der Waals surface area contributed by atoms with Crippen LogP contribution in [0.3, 0.4) is 0 Å². The zero-order valence-corrected chi connectivity index (χ0v) is 17.7. The molecule has 1 atom stereocenters. The summed E-state index contributed by atoms with van der Waals surface area (Å²) < 4.78 is 1.63. The molecule has 1 aliphatic carbocycles. The second-order valence-electron chi connectivity index (χ2n) is 9.11. The van der Waals surface area contributed by atoms with Gasteiger partial charge in [-0.05, 0) is 37.3 Å². The van der Waals surface area contributed by atoms with Gasteiger partial charge in [0.25, 0.3) is 5.91 Å². The van der Waals surface area contributed by atoms with Crippen molar-refractivity contribution in [1.82, 2.24) is 19.6 Å². The summed E-state index contributed by atoms with van der Waals surface area (Å²) in [5.74, 6) is 0.388. The molecule has 5 rings (SSSR count). The molecule has 1 aromatic carbocycles. The highest BCUT2D eigenvalue weighted by atomic mass is 16.2. The maximum atomic E-state index is 13.5. The quantitative estimate of drug-likeness (QED) is 0.733. The highest BCUT2D eigenvalue weighted by molar-refractivity contribution is 5.93. The Balaban J connectivity index is 1.33. The van der Waals surface area contributed by atoms with Crippen molar-refractivity contribution in [2.45, 2.75) is 57.0 Å². The molecule has 1 spiro atoms. The second-order valence-corrected chi connectivity index (χ2v) is 9.11. The molecule has 158 valence electrons. The topological polar surface area (TPSA) is 58.4 Å². The highest BCUT2D eigenvalue weighted by Crippen LogP contribution is 2.59. The third-order valence-corrected chi connectivity index (χ3v) is 7.51. The Morgan fingerprint density at radius 2 is 1.73 bits per heavy atom. The van der Waals surface area contributed by atoms with E-state index in [-0.39, 0.29) is 23.4 Å². The second kappa shape index (κ2) is 7.56. The minimum atomic E-state index is -0.193. The molecule has 0 N–H and O–H groups in total. The molecule has 6 nitrogen and oxygen atoms in total. The summed E-state index contributed by atoms with van der Waals surface area (Å²) in [7, 11) is 1.80. The Labute approximate surface area is 177 Å². The van der Waals surface area contributed by atoms with E-state index in [0.717, 1.165) is 38.5 Å². The van der Waals surface area contributed by atoms with Gasteiger partial charge in [-0.2, -0.15) is 5.10 Å². The van der Waals surface area contributed by atoms with Crippen molar-refractivity contribution in [3.05, 3.63) is 53.9 Å². The molecule has 1 aromatic heterocycles. The molecule has 3 aliphatic rings. The van der Waals surface area contributed by atoms with E-state index in [4.69, 9.17) is 0 Å². The predicted molar refractivity (Wildman–Crippen MR) is 114 cm³/mol. The number of carbonyl (C=O) groups is 2. The van der Waals surface area contributed by atoms with E-state index in [9.17, 15) is 9.59 Å². The van der Waals surface area contributed by atoms with Crippen LogP contribution in [0.15, 0.2) is 42.6 Å². The summed E-state index contributed by atoms with van der Waals surface area (Å²) >= 11 is 0. The van der Waals surface area contributed by atoms with E-state index in [1.165, 1.54) is 12.0 Å². The number of benzene rings is 1. The van der Waals surface area contributed by atoms with Gasteiger partial charge in [-0.3, -0.25) is 14.3 Å². The number of hydrogen-bond acceptors (Lipinski definition) is 3. The molecule has 3 fully saturated rings. The Morgan fingerprint density at radius 3 is 2.37 bits per heavy atom. The molecular formula is C24H30N4O2. The third kappa shape index (κ3) is 2.96. The zero-order chi connectivity index (χ0) is 20.7. The number of nitrogens with zero attached hydrogens (tertiary/aromatic N) is 4. The minimum absolute atomic E-state index is 0.0340. The van der Waals surface area contributed by atoms with Crippen LogP contribution in [-0.4, -0.2) is 50.5 Å². The van der Waals surface area contributed by atoms with Crippen molar-refractivity contribution in [2.24, 2.45) is 12.5 Å². The molecule has 1 unspecified atom stereocenters. The van der Waals surface area contributed by atoms with E-state index in [2.05, 4.69) is 34.3 Å². The fourth-order valence-electron chi connectivity index (χ4n) is 5.95. The van der Waals surface area contributed by atoms with Gasteiger partial charge >= 0.3 is 0 Å². The van der Waals surface area contributed by atoms with E-state index >= 15 is 0 Å². The Hall–Kier alpha value is -2.63. The van der Waals surface area contributed by atoms with Crippen molar-refractivity contribution >= 4 is 11.8 Å². The van der Waals surface area contributed by atoms with Crippen LogP contribution in [0.5, 0.6) is 0 Å². The normalized spacial score (nSPS) is 24.2. The van der Waals surface area contributed by atoms with Crippen molar-refractivity contribution in [2.75, 3.05) is 13.1 Å². The SMILES string of the molecule is Cn1nccc1C(=O)N1CCC(N2C(=O)C3(CCCCC3)C2c2ccccc2)CC1.